The Morgan fingerprint density at radius 3 is 3.10 bits per heavy atom. The molecule has 1 aromatic carbocycles. The standard InChI is InChI=1S/C12H14N4O3S/c1-9-3-2-4-10(7-9)19-6-5-16-12(13-14-15-16)20-8-11(17)18/h2-4,7H,5-6,8H2,1H3,(H,17,18). The fourth-order valence-corrected chi connectivity index (χ4v) is 2.15. The number of carboxylic acids is 1. The zero-order chi connectivity index (χ0) is 14.4. The summed E-state index contributed by atoms with van der Waals surface area (Å²) < 4.78 is 7.13. The van der Waals surface area contributed by atoms with Crippen molar-refractivity contribution in [3.63, 3.8) is 0 Å². The third kappa shape index (κ3) is 4.23. The van der Waals surface area contributed by atoms with Gasteiger partial charge in [0.15, 0.2) is 0 Å². The summed E-state index contributed by atoms with van der Waals surface area (Å²) in [5, 5.41) is 20.2. The SMILES string of the molecule is Cc1cccc(OCCn2nnnc2SCC(=O)O)c1. The minimum absolute atomic E-state index is 0.0703. The molecule has 8 heteroatoms. The third-order valence-electron chi connectivity index (χ3n) is 2.39. The Morgan fingerprint density at radius 2 is 2.35 bits per heavy atom. The van der Waals surface area contributed by atoms with E-state index in [0.717, 1.165) is 23.1 Å². The van der Waals surface area contributed by atoms with Crippen LogP contribution in [0, 0.1) is 6.92 Å². The van der Waals surface area contributed by atoms with Crippen LogP contribution in [0.25, 0.3) is 0 Å². The van der Waals surface area contributed by atoms with Gasteiger partial charge in [-0.1, -0.05) is 23.9 Å². The molecule has 0 amide bonds. The van der Waals surface area contributed by atoms with Crippen molar-refractivity contribution in [3.8, 4) is 5.75 Å². The summed E-state index contributed by atoms with van der Waals surface area (Å²) in [7, 11) is 0. The molecule has 0 saturated heterocycles. The molecule has 2 rings (SSSR count). The van der Waals surface area contributed by atoms with Crippen LogP contribution in [0.4, 0.5) is 0 Å². The van der Waals surface area contributed by atoms with Gasteiger partial charge in [0.05, 0.1) is 12.3 Å². The molecule has 7 nitrogen and oxygen atoms in total. The molecule has 0 unspecified atom stereocenters. The number of rotatable bonds is 7. The molecule has 1 aromatic heterocycles. The summed E-state index contributed by atoms with van der Waals surface area (Å²) in [6.45, 7) is 2.87. The maximum absolute atomic E-state index is 10.5. The van der Waals surface area contributed by atoms with Gasteiger partial charge in [-0.25, -0.2) is 4.68 Å². The lowest BCUT2D eigenvalue weighted by Gasteiger charge is -2.07. The van der Waals surface area contributed by atoms with E-state index in [0.29, 0.717) is 18.3 Å². The number of benzene rings is 1. The van der Waals surface area contributed by atoms with Crippen LogP contribution in [-0.2, 0) is 11.3 Å². The molecule has 0 aliphatic rings. The first-order valence-electron chi connectivity index (χ1n) is 5.95. The van der Waals surface area contributed by atoms with Gasteiger partial charge in [-0.15, -0.1) is 5.10 Å². The van der Waals surface area contributed by atoms with Crippen molar-refractivity contribution in [2.75, 3.05) is 12.4 Å². The molecule has 0 atom stereocenters. The van der Waals surface area contributed by atoms with Crippen molar-refractivity contribution < 1.29 is 14.6 Å². The highest BCUT2D eigenvalue weighted by Gasteiger charge is 2.09. The number of aromatic nitrogens is 4. The second kappa shape index (κ2) is 6.90. The van der Waals surface area contributed by atoms with Gasteiger partial charge in [0.1, 0.15) is 12.4 Å². The molecule has 0 aliphatic carbocycles. The van der Waals surface area contributed by atoms with Crippen LogP contribution in [0.2, 0.25) is 0 Å². The summed E-state index contributed by atoms with van der Waals surface area (Å²) in [5.41, 5.74) is 1.13. The maximum atomic E-state index is 10.5. The molecule has 0 bridgehead atoms. The van der Waals surface area contributed by atoms with E-state index < -0.39 is 5.97 Å². The molecule has 20 heavy (non-hydrogen) atoms. The van der Waals surface area contributed by atoms with Crippen LogP contribution in [-0.4, -0.2) is 43.6 Å². The Morgan fingerprint density at radius 1 is 1.50 bits per heavy atom. The van der Waals surface area contributed by atoms with E-state index in [1.165, 1.54) is 4.68 Å². The van der Waals surface area contributed by atoms with Gasteiger partial charge < -0.3 is 9.84 Å². The molecule has 0 spiro atoms. The molecular formula is C12H14N4O3S. The zero-order valence-electron chi connectivity index (χ0n) is 10.9. The normalized spacial score (nSPS) is 10.4. The minimum atomic E-state index is -0.902. The van der Waals surface area contributed by atoms with E-state index in [1.807, 2.05) is 31.2 Å². The number of ether oxygens (including phenoxy) is 1. The second-order valence-corrected chi connectivity index (χ2v) is 4.97. The molecule has 0 aliphatic heterocycles. The van der Waals surface area contributed by atoms with E-state index in [1.54, 1.807) is 0 Å². The van der Waals surface area contributed by atoms with E-state index in [-0.39, 0.29) is 5.75 Å². The minimum Gasteiger partial charge on any atom is -0.492 e. The average molecular weight is 294 g/mol. The number of carboxylic acid groups (broad SMARTS) is 1. The lowest BCUT2D eigenvalue weighted by molar-refractivity contribution is -0.133. The maximum Gasteiger partial charge on any atom is 0.313 e. The Bertz CT molecular complexity index is 588. The van der Waals surface area contributed by atoms with Gasteiger partial charge in [0.25, 0.3) is 0 Å². The van der Waals surface area contributed by atoms with Crippen molar-refractivity contribution in [1.82, 2.24) is 20.2 Å². The Balaban J connectivity index is 1.85. The predicted molar refractivity (Wildman–Crippen MR) is 72.9 cm³/mol. The van der Waals surface area contributed by atoms with Gasteiger partial charge in [-0.3, -0.25) is 4.79 Å². The number of tetrazole rings is 1. The molecular weight excluding hydrogens is 280 g/mol. The number of carbonyl (C=O) groups is 1. The Labute approximate surface area is 119 Å². The van der Waals surface area contributed by atoms with Gasteiger partial charge in [-0.05, 0) is 35.0 Å². The zero-order valence-corrected chi connectivity index (χ0v) is 11.7. The molecule has 1 N–H and O–H groups in total. The monoisotopic (exact) mass is 294 g/mol. The average Bonchev–Trinajstić information content (AvgIpc) is 2.84. The van der Waals surface area contributed by atoms with Crippen molar-refractivity contribution in [1.29, 1.82) is 0 Å². The second-order valence-electron chi connectivity index (χ2n) is 4.03. The summed E-state index contributed by atoms with van der Waals surface area (Å²) in [6, 6.07) is 7.75. The Hall–Kier alpha value is -2.09. The molecule has 0 radical (unpaired) electrons. The van der Waals surface area contributed by atoms with Gasteiger partial charge in [-0.2, -0.15) is 0 Å². The number of thioether (sulfide) groups is 1. The number of hydrogen-bond donors (Lipinski definition) is 1. The molecule has 2 aromatic rings. The number of nitrogens with zero attached hydrogens (tertiary/aromatic N) is 4. The van der Waals surface area contributed by atoms with E-state index in [9.17, 15) is 4.79 Å². The molecule has 0 saturated carbocycles. The lowest BCUT2D eigenvalue weighted by Crippen LogP contribution is -2.11. The highest BCUT2D eigenvalue weighted by molar-refractivity contribution is 7.99. The van der Waals surface area contributed by atoms with Crippen LogP contribution in [0.3, 0.4) is 0 Å². The van der Waals surface area contributed by atoms with Crippen LogP contribution in [0.1, 0.15) is 5.56 Å². The summed E-state index contributed by atoms with van der Waals surface area (Å²) in [5.74, 6) is -0.183. The van der Waals surface area contributed by atoms with Gasteiger partial charge in [0, 0.05) is 0 Å². The van der Waals surface area contributed by atoms with Crippen LogP contribution in [0.5, 0.6) is 5.75 Å². The highest BCUT2D eigenvalue weighted by Crippen LogP contribution is 2.14. The quantitative estimate of drug-likeness (QED) is 0.768. The molecule has 106 valence electrons. The Kier molecular flexibility index (Phi) is 4.94. The number of aryl methyl sites for hydroxylation is 1. The van der Waals surface area contributed by atoms with Crippen molar-refractivity contribution in [2.45, 2.75) is 18.6 Å². The number of hydrogen-bond acceptors (Lipinski definition) is 6. The number of aliphatic carboxylic acids is 1. The fraction of sp³-hybridized carbons (Fsp3) is 0.333. The predicted octanol–water partition coefficient (Wildman–Crippen LogP) is 1.24. The smallest absolute Gasteiger partial charge is 0.313 e. The van der Waals surface area contributed by atoms with Gasteiger partial charge >= 0.3 is 5.97 Å². The van der Waals surface area contributed by atoms with E-state index in [4.69, 9.17) is 9.84 Å². The van der Waals surface area contributed by atoms with Crippen molar-refractivity contribution in [2.24, 2.45) is 0 Å². The van der Waals surface area contributed by atoms with Crippen molar-refractivity contribution in [3.05, 3.63) is 29.8 Å². The largest absolute Gasteiger partial charge is 0.492 e. The lowest BCUT2D eigenvalue weighted by atomic mass is 10.2. The summed E-state index contributed by atoms with van der Waals surface area (Å²) in [6.07, 6.45) is 0. The van der Waals surface area contributed by atoms with Crippen LogP contribution < -0.4 is 4.74 Å². The summed E-state index contributed by atoms with van der Waals surface area (Å²) in [4.78, 5) is 10.5. The molecule has 1 heterocycles. The van der Waals surface area contributed by atoms with Crippen LogP contribution in [0.15, 0.2) is 29.4 Å². The van der Waals surface area contributed by atoms with Crippen LogP contribution >= 0.6 is 11.8 Å². The van der Waals surface area contributed by atoms with Crippen molar-refractivity contribution >= 4 is 17.7 Å². The molecule has 0 fully saturated rings. The third-order valence-corrected chi connectivity index (χ3v) is 3.33. The van der Waals surface area contributed by atoms with E-state index in [2.05, 4.69) is 15.5 Å². The topological polar surface area (TPSA) is 90.1 Å². The summed E-state index contributed by atoms with van der Waals surface area (Å²) >= 11 is 1.08. The first kappa shape index (κ1) is 14.3. The van der Waals surface area contributed by atoms with Gasteiger partial charge in [0.2, 0.25) is 5.16 Å². The first-order valence-corrected chi connectivity index (χ1v) is 6.94. The first-order chi connectivity index (χ1) is 9.65. The van der Waals surface area contributed by atoms with E-state index >= 15 is 0 Å². The highest BCUT2D eigenvalue weighted by atomic mass is 32.2. The fourth-order valence-electron chi connectivity index (χ4n) is 1.52.